The third-order valence-corrected chi connectivity index (χ3v) is 3.79. The van der Waals surface area contributed by atoms with Gasteiger partial charge in [0.25, 0.3) is 0 Å². The quantitative estimate of drug-likeness (QED) is 0.931. The smallest absolute Gasteiger partial charge is 0.161 e. The number of aliphatic hydroxyl groups excluding tert-OH is 1. The summed E-state index contributed by atoms with van der Waals surface area (Å²) < 4.78 is 17.1. The highest BCUT2D eigenvalue weighted by atomic mass is 79.9. The van der Waals surface area contributed by atoms with Gasteiger partial charge in [0.1, 0.15) is 0 Å². The van der Waals surface area contributed by atoms with Gasteiger partial charge >= 0.3 is 0 Å². The second kappa shape index (κ2) is 5.91. The van der Waals surface area contributed by atoms with E-state index in [1.165, 1.54) is 0 Å². The first-order chi connectivity index (χ1) is 8.65. The first kappa shape index (κ1) is 13.6. The Labute approximate surface area is 115 Å². The highest BCUT2D eigenvalue weighted by molar-refractivity contribution is 9.10. The zero-order chi connectivity index (χ0) is 13.1. The van der Waals surface area contributed by atoms with Gasteiger partial charge in [0.2, 0.25) is 0 Å². The van der Waals surface area contributed by atoms with Gasteiger partial charge in [-0.15, -0.1) is 0 Å². The van der Waals surface area contributed by atoms with Crippen LogP contribution in [0, 0.1) is 0 Å². The van der Waals surface area contributed by atoms with Crippen LogP contribution in [0.2, 0.25) is 0 Å². The van der Waals surface area contributed by atoms with Crippen LogP contribution in [0.15, 0.2) is 16.6 Å². The van der Waals surface area contributed by atoms with Crippen LogP contribution in [0.25, 0.3) is 0 Å². The molecule has 1 heterocycles. The van der Waals surface area contributed by atoms with Crippen molar-refractivity contribution < 1.29 is 19.3 Å². The van der Waals surface area contributed by atoms with Crippen LogP contribution in [-0.2, 0) is 4.74 Å². The number of methoxy groups -OCH3 is 2. The number of rotatable bonds is 3. The van der Waals surface area contributed by atoms with Gasteiger partial charge in [-0.2, -0.15) is 0 Å². The Bertz CT molecular complexity index is 422. The fraction of sp³-hybridized carbons (Fsp3) is 0.538. The van der Waals surface area contributed by atoms with Gasteiger partial charge in [-0.05, 0) is 24.1 Å². The van der Waals surface area contributed by atoms with Crippen molar-refractivity contribution in [2.45, 2.75) is 25.0 Å². The lowest BCUT2D eigenvalue weighted by atomic mass is 9.99. The molecule has 0 aromatic heterocycles. The summed E-state index contributed by atoms with van der Waals surface area (Å²) in [5, 5.41) is 9.71. The molecule has 2 rings (SSSR count). The number of halogens is 1. The van der Waals surface area contributed by atoms with Crippen molar-refractivity contribution >= 4 is 15.9 Å². The van der Waals surface area contributed by atoms with Gasteiger partial charge in [0, 0.05) is 17.5 Å². The van der Waals surface area contributed by atoms with E-state index in [0.29, 0.717) is 30.9 Å². The molecule has 1 saturated heterocycles. The van der Waals surface area contributed by atoms with E-state index in [-0.39, 0.29) is 12.2 Å². The molecule has 18 heavy (non-hydrogen) atoms. The van der Waals surface area contributed by atoms with Crippen LogP contribution < -0.4 is 9.47 Å². The van der Waals surface area contributed by atoms with E-state index < -0.39 is 0 Å². The van der Waals surface area contributed by atoms with Gasteiger partial charge in [-0.3, -0.25) is 0 Å². The lowest BCUT2D eigenvalue weighted by Crippen LogP contribution is -2.23. The number of benzene rings is 1. The van der Waals surface area contributed by atoms with Gasteiger partial charge in [-0.1, -0.05) is 15.9 Å². The minimum Gasteiger partial charge on any atom is -0.493 e. The Morgan fingerprint density at radius 3 is 2.56 bits per heavy atom. The second-order valence-corrected chi connectivity index (χ2v) is 5.12. The molecule has 4 nitrogen and oxygen atoms in total. The Hall–Kier alpha value is -0.780. The van der Waals surface area contributed by atoms with E-state index in [1.807, 2.05) is 12.1 Å². The lowest BCUT2D eigenvalue weighted by Gasteiger charge is -2.28. The van der Waals surface area contributed by atoms with E-state index >= 15 is 0 Å². The summed E-state index contributed by atoms with van der Waals surface area (Å²) in [6.07, 6.45) is 0.891. The van der Waals surface area contributed by atoms with Crippen LogP contribution in [0.4, 0.5) is 0 Å². The second-order valence-electron chi connectivity index (χ2n) is 4.27. The van der Waals surface area contributed by atoms with Crippen molar-refractivity contribution in [3.8, 4) is 11.5 Å². The molecular weight excluding hydrogens is 300 g/mol. The Balaban J connectivity index is 2.32. The Kier molecular flexibility index (Phi) is 4.48. The number of hydrogen-bond acceptors (Lipinski definition) is 4. The Morgan fingerprint density at radius 2 is 1.94 bits per heavy atom. The van der Waals surface area contributed by atoms with Crippen molar-refractivity contribution in [2.75, 3.05) is 20.8 Å². The normalized spacial score (nSPS) is 23.8. The molecule has 1 aliphatic rings. The van der Waals surface area contributed by atoms with E-state index in [2.05, 4.69) is 15.9 Å². The summed E-state index contributed by atoms with van der Waals surface area (Å²) >= 11 is 3.51. The summed E-state index contributed by atoms with van der Waals surface area (Å²) in [7, 11) is 3.21. The van der Waals surface area contributed by atoms with Crippen molar-refractivity contribution in [1.29, 1.82) is 0 Å². The molecule has 1 N–H and O–H groups in total. The maximum absolute atomic E-state index is 9.71. The zero-order valence-corrected chi connectivity index (χ0v) is 12.1. The maximum Gasteiger partial charge on any atom is 0.161 e. The number of aliphatic hydroxyl groups is 1. The SMILES string of the molecule is COc1cc(Br)c(C2CC(O)CCO2)cc1OC. The molecule has 0 bridgehead atoms. The largest absolute Gasteiger partial charge is 0.493 e. The third kappa shape index (κ3) is 2.79. The average molecular weight is 317 g/mol. The molecule has 0 saturated carbocycles. The van der Waals surface area contributed by atoms with E-state index in [9.17, 15) is 5.11 Å². The fourth-order valence-corrected chi connectivity index (χ4v) is 2.69. The highest BCUT2D eigenvalue weighted by Crippen LogP contribution is 2.39. The Morgan fingerprint density at radius 1 is 1.28 bits per heavy atom. The molecule has 5 heteroatoms. The van der Waals surface area contributed by atoms with Gasteiger partial charge in [-0.25, -0.2) is 0 Å². The predicted octanol–water partition coefficient (Wildman–Crippen LogP) is 2.68. The number of ether oxygens (including phenoxy) is 3. The predicted molar refractivity (Wildman–Crippen MR) is 71.2 cm³/mol. The van der Waals surface area contributed by atoms with Crippen molar-refractivity contribution in [1.82, 2.24) is 0 Å². The number of hydrogen-bond donors (Lipinski definition) is 1. The van der Waals surface area contributed by atoms with E-state index in [4.69, 9.17) is 14.2 Å². The molecule has 0 radical (unpaired) electrons. The van der Waals surface area contributed by atoms with Gasteiger partial charge < -0.3 is 19.3 Å². The molecule has 0 aliphatic carbocycles. The molecule has 2 atom stereocenters. The average Bonchev–Trinajstić information content (AvgIpc) is 2.38. The summed E-state index contributed by atoms with van der Waals surface area (Å²) in [4.78, 5) is 0. The summed E-state index contributed by atoms with van der Waals surface area (Å²) in [6, 6.07) is 3.75. The first-order valence-electron chi connectivity index (χ1n) is 5.86. The molecule has 100 valence electrons. The molecule has 1 aromatic carbocycles. The maximum atomic E-state index is 9.71. The summed E-state index contributed by atoms with van der Waals surface area (Å²) in [5.41, 5.74) is 0.978. The van der Waals surface area contributed by atoms with Crippen LogP contribution in [0.3, 0.4) is 0 Å². The minimum atomic E-state index is -0.302. The van der Waals surface area contributed by atoms with Crippen LogP contribution in [0.1, 0.15) is 24.5 Å². The van der Waals surface area contributed by atoms with Crippen molar-refractivity contribution in [2.24, 2.45) is 0 Å². The van der Waals surface area contributed by atoms with E-state index in [0.717, 1.165) is 10.0 Å². The summed E-state index contributed by atoms with van der Waals surface area (Å²) in [6.45, 7) is 0.576. The van der Waals surface area contributed by atoms with E-state index in [1.54, 1.807) is 14.2 Å². The molecule has 1 aliphatic heterocycles. The van der Waals surface area contributed by atoms with Crippen LogP contribution in [-0.4, -0.2) is 32.0 Å². The monoisotopic (exact) mass is 316 g/mol. The fourth-order valence-electron chi connectivity index (χ4n) is 2.11. The molecular formula is C13H17BrO4. The first-order valence-corrected chi connectivity index (χ1v) is 6.66. The van der Waals surface area contributed by atoms with Crippen molar-refractivity contribution in [3.63, 3.8) is 0 Å². The van der Waals surface area contributed by atoms with Gasteiger partial charge in [0.05, 0.1) is 26.4 Å². The highest BCUT2D eigenvalue weighted by Gasteiger charge is 2.25. The molecule has 1 fully saturated rings. The minimum absolute atomic E-state index is 0.108. The lowest BCUT2D eigenvalue weighted by molar-refractivity contribution is -0.0451. The zero-order valence-electron chi connectivity index (χ0n) is 10.5. The van der Waals surface area contributed by atoms with Crippen LogP contribution >= 0.6 is 15.9 Å². The van der Waals surface area contributed by atoms with Crippen molar-refractivity contribution in [3.05, 3.63) is 22.2 Å². The molecule has 1 aromatic rings. The molecule has 0 spiro atoms. The standard InChI is InChI=1S/C13H17BrO4/c1-16-12-6-9(10(14)7-13(12)17-2)11-5-8(15)3-4-18-11/h6-8,11,15H,3-5H2,1-2H3. The molecule has 0 amide bonds. The molecule has 2 unspecified atom stereocenters. The summed E-state index contributed by atoms with van der Waals surface area (Å²) in [5.74, 6) is 1.34. The van der Waals surface area contributed by atoms with Gasteiger partial charge in [0.15, 0.2) is 11.5 Å². The third-order valence-electron chi connectivity index (χ3n) is 3.11. The topological polar surface area (TPSA) is 47.9 Å². The van der Waals surface area contributed by atoms with Crippen LogP contribution in [0.5, 0.6) is 11.5 Å².